The number of hydrogen-bond donors (Lipinski definition) is 0. The summed E-state index contributed by atoms with van der Waals surface area (Å²) < 4.78 is 10.5. The molecule has 10 heavy (non-hydrogen) atoms. The van der Waals surface area contributed by atoms with Gasteiger partial charge >= 0.3 is 0 Å². The zero-order valence-corrected chi connectivity index (χ0v) is 6.35. The summed E-state index contributed by atoms with van der Waals surface area (Å²) in [6.45, 7) is 3.07. The molecule has 1 aromatic rings. The first kappa shape index (κ1) is 9.24. The molecule has 0 atom stereocenters. The second-order valence-corrected chi connectivity index (χ2v) is 1.92. The minimum absolute atomic E-state index is 0.120. The molecule has 1 rings (SSSR count). The molecule has 54 valence electrons. The average molecular weight is 156 g/mol. The summed E-state index contributed by atoms with van der Waals surface area (Å²) in [7, 11) is 0. The van der Waals surface area contributed by atoms with Gasteiger partial charge in [0.15, 0.2) is 0 Å². The lowest BCUT2D eigenvalue weighted by atomic mass is 10.4. The third kappa shape index (κ3) is 7.24. The van der Waals surface area contributed by atoms with Crippen molar-refractivity contribution in [3.63, 3.8) is 0 Å². The Labute approximate surface area is 65.1 Å². The quantitative estimate of drug-likeness (QED) is 0.600. The van der Waals surface area contributed by atoms with Crippen molar-refractivity contribution in [2.75, 3.05) is 0 Å². The van der Waals surface area contributed by atoms with E-state index in [1.54, 1.807) is 0 Å². The first-order valence-electron chi connectivity index (χ1n) is 2.80. The average Bonchev–Trinajstić information content (AvgIpc) is 2.08. The van der Waals surface area contributed by atoms with E-state index < -0.39 is 0 Å². The lowest BCUT2D eigenvalue weighted by molar-refractivity contribution is 0.947. The van der Waals surface area contributed by atoms with Gasteiger partial charge in [-0.2, -0.15) is 3.89 Å². The molecule has 0 aliphatic heterocycles. The number of hydrogen-bond acceptors (Lipinski definition) is 1. The predicted octanol–water partition coefficient (Wildman–Crippen LogP) is 3.43. The molecule has 1 aromatic carbocycles. The lowest BCUT2D eigenvalue weighted by Gasteiger charge is -1.69. The van der Waals surface area contributed by atoms with Crippen molar-refractivity contribution in [2.24, 2.45) is 0 Å². The second kappa shape index (κ2) is 8.24. The molecular weight excluding hydrogens is 147 g/mol. The Balaban J connectivity index is 0.000000180. The lowest BCUT2D eigenvalue weighted by Crippen LogP contribution is -1.47. The topological polar surface area (TPSA) is 0 Å². The van der Waals surface area contributed by atoms with Gasteiger partial charge in [0.05, 0.1) is 12.1 Å². The highest BCUT2D eigenvalue weighted by molar-refractivity contribution is 7.97. The van der Waals surface area contributed by atoms with Crippen LogP contribution in [0.4, 0.5) is 3.89 Å². The maximum Gasteiger partial charge on any atom is 0.0726 e. The highest BCUT2D eigenvalue weighted by Crippen LogP contribution is 1.96. The number of benzene rings is 1. The third-order valence-corrected chi connectivity index (χ3v) is 0.856. The summed E-state index contributed by atoms with van der Waals surface area (Å²) in [5.41, 5.74) is 0. The van der Waals surface area contributed by atoms with Crippen LogP contribution in [0.3, 0.4) is 0 Å². The maximum atomic E-state index is 10.5. The molecule has 2 heteroatoms. The molecule has 0 aromatic heterocycles. The molecular formula is C8H9FS. The van der Waals surface area contributed by atoms with E-state index in [-0.39, 0.29) is 12.1 Å². The second-order valence-electron chi connectivity index (χ2n) is 1.41. The molecule has 0 aliphatic carbocycles. The monoisotopic (exact) mass is 156 g/mol. The van der Waals surface area contributed by atoms with Gasteiger partial charge in [0.1, 0.15) is 0 Å². The molecule has 0 bridgehead atoms. The molecule has 0 saturated carbocycles. The molecule has 0 radical (unpaired) electrons. The Bertz CT molecular complexity index is 124. The van der Waals surface area contributed by atoms with Crippen LogP contribution in [0.2, 0.25) is 0 Å². The van der Waals surface area contributed by atoms with E-state index in [1.165, 1.54) is 0 Å². The van der Waals surface area contributed by atoms with Crippen molar-refractivity contribution < 1.29 is 3.89 Å². The number of rotatable bonds is 1. The van der Waals surface area contributed by atoms with Gasteiger partial charge in [-0.3, -0.25) is 0 Å². The van der Waals surface area contributed by atoms with Crippen LogP contribution in [-0.2, 0) is 0 Å². The highest BCUT2D eigenvalue weighted by atomic mass is 32.2. The Morgan fingerprint density at radius 3 is 1.30 bits per heavy atom. The van der Waals surface area contributed by atoms with Crippen molar-refractivity contribution in [3.8, 4) is 0 Å². The largest absolute Gasteiger partial charge is 0.160 e. The SMILES string of the molecule is C=CSF.c1ccccc1. The molecule has 0 nitrogen and oxygen atoms in total. The van der Waals surface area contributed by atoms with Gasteiger partial charge in [0, 0.05) is 0 Å². The Morgan fingerprint density at radius 1 is 1.00 bits per heavy atom. The van der Waals surface area contributed by atoms with Crippen LogP contribution in [0.25, 0.3) is 0 Å². The normalized spacial score (nSPS) is 7.30. The molecule has 0 aliphatic rings. The standard InChI is InChI=1S/C6H6.C2H3FS/c1-2-4-6-5-3-1;1-2-4-3/h1-6H;2H,1H2. The van der Waals surface area contributed by atoms with Crippen molar-refractivity contribution in [1.82, 2.24) is 0 Å². The van der Waals surface area contributed by atoms with Gasteiger partial charge in [-0.1, -0.05) is 43.0 Å². The molecule has 0 saturated heterocycles. The van der Waals surface area contributed by atoms with E-state index in [0.717, 1.165) is 5.41 Å². The summed E-state index contributed by atoms with van der Waals surface area (Å²) in [5.74, 6) is 0. The molecule has 0 unspecified atom stereocenters. The van der Waals surface area contributed by atoms with E-state index in [1.807, 2.05) is 36.4 Å². The maximum absolute atomic E-state index is 10.5. The first-order valence-corrected chi connectivity index (χ1v) is 3.58. The Kier molecular flexibility index (Phi) is 7.61. The smallest absolute Gasteiger partial charge is 0.0726 e. The summed E-state index contributed by atoms with van der Waals surface area (Å²) in [6, 6.07) is 12.0. The Morgan fingerprint density at radius 2 is 1.20 bits per heavy atom. The molecule has 0 heterocycles. The zero-order valence-electron chi connectivity index (χ0n) is 5.53. The molecule has 0 fully saturated rings. The third-order valence-electron chi connectivity index (χ3n) is 0.730. The summed E-state index contributed by atoms with van der Waals surface area (Å²) in [6.07, 6.45) is 0. The van der Waals surface area contributed by atoms with Crippen LogP contribution in [0, 0.1) is 0 Å². The Hall–Kier alpha value is -0.760. The van der Waals surface area contributed by atoms with Gasteiger partial charge in [-0.05, 0) is 5.41 Å². The van der Waals surface area contributed by atoms with Gasteiger partial charge in [0.25, 0.3) is 0 Å². The number of halogens is 1. The fourth-order valence-electron chi connectivity index (χ4n) is 0.385. The van der Waals surface area contributed by atoms with E-state index in [0.29, 0.717) is 0 Å². The van der Waals surface area contributed by atoms with Crippen molar-refractivity contribution >= 4 is 12.1 Å². The van der Waals surface area contributed by atoms with Crippen molar-refractivity contribution in [1.29, 1.82) is 0 Å². The predicted molar refractivity (Wildman–Crippen MR) is 45.3 cm³/mol. The molecule has 0 spiro atoms. The summed E-state index contributed by atoms with van der Waals surface area (Å²) in [5, 5.41) is 1.12. The van der Waals surface area contributed by atoms with Crippen LogP contribution in [0.1, 0.15) is 0 Å². The minimum Gasteiger partial charge on any atom is -0.160 e. The molecule has 0 N–H and O–H groups in total. The van der Waals surface area contributed by atoms with E-state index in [4.69, 9.17) is 0 Å². The van der Waals surface area contributed by atoms with Crippen molar-refractivity contribution in [2.45, 2.75) is 0 Å². The van der Waals surface area contributed by atoms with Gasteiger partial charge in [0.2, 0.25) is 0 Å². The zero-order chi connectivity index (χ0) is 7.66. The molecule has 0 amide bonds. The van der Waals surface area contributed by atoms with Crippen LogP contribution in [0.15, 0.2) is 48.4 Å². The van der Waals surface area contributed by atoms with Crippen molar-refractivity contribution in [3.05, 3.63) is 48.4 Å². The van der Waals surface area contributed by atoms with Gasteiger partial charge < -0.3 is 0 Å². The van der Waals surface area contributed by atoms with E-state index in [2.05, 4.69) is 6.58 Å². The van der Waals surface area contributed by atoms with Gasteiger partial charge in [-0.15, -0.1) is 0 Å². The van der Waals surface area contributed by atoms with Crippen LogP contribution in [-0.4, -0.2) is 0 Å². The van der Waals surface area contributed by atoms with Gasteiger partial charge in [-0.25, -0.2) is 0 Å². The fourth-order valence-corrected chi connectivity index (χ4v) is 0.385. The highest BCUT2D eigenvalue weighted by Gasteiger charge is 1.57. The van der Waals surface area contributed by atoms with E-state index in [9.17, 15) is 3.89 Å². The fraction of sp³-hybridized carbons (Fsp3) is 0. The summed E-state index contributed by atoms with van der Waals surface area (Å²) in [4.78, 5) is 0. The van der Waals surface area contributed by atoms with Crippen LogP contribution in [0.5, 0.6) is 0 Å². The summed E-state index contributed by atoms with van der Waals surface area (Å²) >= 11 is 0.120. The first-order chi connectivity index (χ1) is 4.91. The minimum atomic E-state index is 0.120. The van der Waals surface area contributed by atoms with E-state index >= 15 is 0 Å². The van der Waals surface area contributed by atoms with Crippen LogP contribution < -0.4 is 0 Å². The van der Waals surface area contributed by atoms with Crippen LogP contribution >= 0.6 is 12.1 Å².